The van der Waals surface area contributed by atoms with Crippen molar-refractivity contribution in [3.63, 3.8) is 0 Å². The predicted octanol–water partition coefficient (Wildman–Crippen LogP) is 4.02. The molecule has 0 saturated carbocycles. The quantitative estimate of drug-likeness (QED) is 0.784. The van der Waals surface area contributed by atoms with E-state index in [0.29, 0.717) is 12.6 Å². The highest BCUT2D eigenvalue weighted by molar-refractivity contribution is 5.40. The first-order valence-corrected chi connectivity index (χ1v) is 8.40. The van der Waals surface area contributed by atoms with Crippen molar-refractivity contribution in [3.05, 3.63) is 24.3 Å². The van der Waals surface area contributed by atoms with Crippen molar-refractivity contribution in [1.82, 2.24) is 5.32 Å². The molecule has 1 N–H and O–H groups in total. The van der Waals surface area contributed by atoms with Crippen LogP contribution in [-0.4, -0.2) is 25.3 Å². The smallest absolute Gasteiger partial charge is 0.161 e. The first-order chi connectivity index (χ1) is 10.3. The van der Waals surface area contributed by atoms with Crippen LogP contribution in [0.15, 0.2) is 24.3 Å². The van der Waals surface area contributed by atoms with Crippen LogP contribution in [0.4, 0.5) is 0 Å². The summed E-state index contributed by atoms with van der Waals surface area (Å²) in [6, 6.07) is 8.32. The van der Waals surface area contributed by atoms with E-state index in [2.05, 4.69) is 26.1 Å². The summed E-state index contributed by atoms with van der Waals surface area (Å²) in [6.07, 6.45) is 4.86. The van der Waals surface area contributed by atoms with Crippen molar-refractivity contribution in [3.8, 4) is 11.5 Å². The van der Waals surface area contributed by atoms with Crippen LogP contribution in [0.3, 0.4) is 0 Å². The fraction of sp³-hybridized carbons (Fsp3) is 0.667. The summed E-state index contributed by atoms with van der Waals surface area (Å²) >= 11 is 0. The van der Waals surface area contributed by atoms with E-state index in [9.17, 15) is 0 Å². The molecule has 3 heteroatoms. The molecule has 1 aromatic carbocycles. The summed E-state index contributed by atoms with van der Waals surface area (Å²) in [7, 11) is 0. The molecule has 118 valence electrons. The van der Waals surface area contributed by atoms with E-state index in [1.54, 1.807) is 0 Å². The topological polar surface area (TPSA) is 30.5 Å². The Kier molecular flexibility index (Phi) is 6.37. The maximum atomic E-state index is 6.19. The van der Waals surface area contributed by atoms with E-state index in [1.165, 1.54) is 12.8 Å². The van der Waals surface area contributed by atoms with Crippen molar-refractivity contribution in [2.75, 3.05) is 13.2 Å². The minimum atomic E-state index is 0.104. The van der Waals surface area contributed by atoms with Crippen LogP contribution in [0.2, 0.25) is 0 Å². The summed E-state index contributed by atoms with van der Waals surface area (Å²) in [5.41, 5.74) is 0. The number of hydrogen-bond donors (Lipinski definition) is 1. The number of fused-ring (bicyclic) bond motifs is 1. The molecule has 0 amide bonds. The molecule has 0 bridgehead atoms. The van der Waals surface area contributed by atoms with Crippen molar-refractivity contribution in [1.29, 1.82) is 0 Å². The van der Waals surface area contributed by atoms with E-state index in [0.717, 1.165) is 36.8 Å². The molecular weight excluding hydrogens is 262 g/mol. The van der Waals surface area contributed by atoms with Gasteiger partial charge in [0, 0.05) is 6.04 Å². The second kappa shape index (κ2) is 8.28. The Morgan fingerprint density at radius 2 is 1.86 bits per heavy atom. The van der Waals surface area contributed by atoms with Gasteiger partial charge in [-0.2, -0.15) is 0 Å². The van der Waals surface area contributed by atoms with Gasteiger partial charge in [0.2, 0.25) is 0 Å². The highest BCUT2D eigenvalue weighted by Crippen LogP contribution is 2.32. The van der Waals surface area contributed by atoms with E-state index < -0.39 is 0 Å². The summed E-state index contributed by atoms with van der Waals surface area (Å²) < 4.78 is 12.1. The maximum Gasteiger partial charge on any atom is 0.161 e. The van der Waals surface area contributed by atoms with Crippen LogP contribution in [0.1, 0.15) is 46.5 Å². The summed E-state index contributed by atoms with van der Waals surface area (Å²) in [5, 5.41) is 3.66. The van der Waals surface area contributed by atoms with Crippen LogP contribution in [-0.2, 0) is 0 Å². The van der Waals surface area contributed by atoms with Crippen LogP contribution >= 0.6 is 0 Å². The molecule has 0 radical (unpaired) electrons. The largest absolute Gasteiger partial charge is 0.486 e. The molecule has 2 rings (SSSR count). The molecule has 1 heterocycles. The minimum absolute atomic E-state index is 0.104. The van der Waals surface area contributed by atoms with E-state index in [1.807, 2.05) is 24.3 Å². The normalized spacial score (nSPS) is 18.8. The highest BCUT2D eigenvalue weighted by Gasteiger charge is 2.29. The lowest BCUT2D eigenvalue weighted by molar-refractivity contribution is 0.0540. The lowest BCUT2D eigenvalue weighted by atomic mass is 9.92. The zero-order valence-corrected chi connectivity index (χ0v) is 13.6. The number of rotatable bonds is 8. The lowest BCUT2D eigenvalue weighted by Crippen LogP contribution is -2.49. The lowest BCUT2D eigenvalue weighted by Gasteiger charge is -2.34. The number of para-hydroxylation sites is 2. The van der Waals surface area contributed by atoms with Gasteiger partial charge in [0.05, 0.1) is 0 Å². The van der Waals surface area contributed by atoms with E-state index in [4.69, 9.17) is 9.47 Å². The van der Waals surface area contributed by atoms with Crippen molar-refractivity contribution in [2.45, 2.75) is 58.6 Å². The van der Waals surface area contributed by atoms with Gasteiger partial charge in [-0.15, -0.1) is 0 Å². The second-order valence-electron chi connectivity index (χ2n) is 5.89. The van der Waals surface area contributed by atoms with Crippen LogP contribution in [0.25, 0.3) is 0 Å². The Balaban J connectivity index is 2.03. The molecule has 3 nitrogen and oxygen atoms in total. The first-order valence-electron chi connectivity index (χ1n) is 8.40. The molecule has 1 aliphatic rings. The van der Waals surface area contributed by atoms with Gasteiger partial charge in [0.25, 0.3) is 0 Å². The van der Waals surface area contributed by atoms with Gasteiger partial charge in [0.1, 0.15) is 12.7 Å². The van der Waals surface area contributed by atoms with Crippen molar-refractivity contribution < 1.29 is 9.47 Å². The molecule has 21 heavy (non-hydrogen) atoms. The Hall–Kier alpha value is -1.22. The third-order valence-corrected chi connectivity index (χ3v) is 4.38. The first kappa shape index (κ1) is 16.2. The monoisotopic (exact) mass is 291 g/mol. The molecule has 2 unspecified atom stereocenters. The molecule has 0 spiro atoms. The average molecular weight is 291 g/mol. The fourth-order valence-corrected chi connectivity index (χ4v) is 2.91. The minimum Gasteiger partial charge on any atom is -0.486 e. The number of hydrogen-bond acceptors (Lipinski definition) is 3. The summed E-state index contributed by atoms with van der Waals surface area (Å²) in [6.45, 7) is 8.43. The maximum absolute atomic E-state index is 6.19. The van der Waals surface area contributed by atoms with Crippen molar-refractivity contribution >= 4 is 0 Å². The van der Waals surface area contributed by atoms with Gasteiger partial charge in [-0.1, -0.05) is 45.7 Å². The standard InChI is InChI=1S/C18H29NO2/c1-4-11-19-15(12-14(5-2)6-3)18-13-20-16-9-7-8-10-17(16)21-18/h7-10,14-15,18-19H,4-6,11-13H2,1-3H3. The molecule has 1 aromatic rings. The molecule has 2 atom stereocenters. The van der Waals surface area contributed by atoms with Gasteiger partial charge < -0.3 is 14.8 Å². The Morgan fingerprint density at radius 1 is 1.14 bits per heavy atom. The Bertz CT molecular complexity index is 417. The third kappa shape index (κ3) is 4.37. The third-order valence-electron chi connectivity index (χ3n) is 4.38. The molecule has 0 fully saturated rings. The Labute approximate surface area is 129 Å². The molecule has 1 aliphatic heterocycles. The van der Waals surface area contributed by atoms with Gasteiger partial charge in [-0.05, 0) is 37.4 Å². The van der Waals surface area contributed by atoms with E-state index >= 15 is 0 Å². The molecule has 0 saturated heterocycles. The fourth-order valence-electron chi connectivity index (χ4n) is 2.91. The van der Waals surface area contributed by atoms with Gasteiger partial charge >= 0.3 is 0 Å². The van der Waals surface area contributed by atoms with Crippen LogP contribution in [0.5, 0.6) is 11.5 Å². The van der Waals surface area contributed by atoms with Crippen molar-refractivity contribution in [2.24, 2.45) is 5.92 Å². The van der Waals surface area contributed by atoms with Gasteiger partial charge in [-0.25, -0.2) is 0 Å². The molecular formula is C18H29NO2. The summed E-state index contributed by atoms with van der Waals surface area (Å²) in [5.74, 6) is 2.49. The highest BCUT2D eigenvalue weighted by atomic mass is 16.6. The number of nitrogens with one attached hydrogen (secondary N) is 1. The van der Waals surface area contributed by atoms with Crippen LogP contribution in [0, 0.1) is 5.92 Å². The SMILES string of the molecule is CCCNC(CC(CC)CC)C1COc2ccccc2O1. The molecule has 0 aromatic heterocycles. The average Bonchev–Trinajstić information content (AvgIpc) is 2.55. The van der Waals surface area contributed by atoms with Gasteiger partial charge in [0.15, 0.2) is 11.5 Å². The zero-order valence-electron chi connectivity index (χ0n) is 13.6. The van der Waals surface area contributed by atoms with Crippen LogP contribution < -0.4 is 14.8 Å². The second-order valence-corrected chi connectivity index (χ2v) is 5.89. The number of ether oxygens (including phenoxy) is 2. The predicted molar refractivity (Wildman–Crippen MR) is 87.1 cm³/mol. The molecule has 0 aliphatic carbocycles. The zero-order chi connectivity index (χ0) is 15.1. The Morgan fingerprint density at radius 3 is 2.52 bits per heavy atom. The van der Waals surface area contributed by atoms with E-state index in [-0.39, 0.29) is 6.10 Å². The van der Waals surface area contributed by atoms with Gasteiger partial charge in [-0.3, -0.25) is 0 Å². The summed E-state index contributed by atoms with van der Waals surface area (Å²) in [4.78, 5) is 0. The number of benzene rings is 1.